The molecule has 1 heterocycles. The van der Waals surface area contributed by atoms with Crippen molar-refractivity contribution in [1.29, 1.82) is 0 Å². The lowest BCUT2D eigenvalue weighted by atomic mass is 10.2. The second-order valence-electron chi connectivity index (χ2n) is 2.16. The van der Waals surface area contributed by atoms with Crippen LogP contribution in [0.2, 0.25) is 0 Å². The summed E-state index contributed by atoms with van der Waals surface area (Å²) in [7, 11) is 0. The molecule has 1 aromatic heterocycles. The molecule has 0 saturated carbocycles. The minimum atomic E-state index is 0.122. The van der Waals surface area contributed by atoms with Gasteiger partial charge in [0.15, 0.2) is 6.29 Å². The molecule has 0 aliphatic heterocycles. The molecule has 4 heteroatoms. The monoisotopic (exact) mass is 155 g/mol. The van der Waals surface area contributed by atoms with E-state index < -0.39 is 0 Å². The number of aromatic nitrogens is 1. The largest absolute Gasteiger partial charge is 0.396 e. The van der Waals surface area contributed by atoms with Crippen LogP contribution in [0.15, 0.2) is 10.6 Å². The molecular formula is C7H9NO3. The van der Waals surface area contributed by atoms with E-state index in [1.165, 1.54) is 0 Å². The minimum Gasteiger partial charge on any atom is -0.396 e. The van der Waals surface area contributed by atoms with E-state index in [-0.39, 0.29) is 6.61 Å². The normalized spacial score (nSPS) is 9.91. The summed E-state index contributed by atoms with van der Waals surface area (Å²) in [4.78, 5) is 10.1. The standard InChI is InChI=1S/C7H9NO3/c9-3-1-2-7-4-6(5-10)8-11-7/h4-5,9H,1-3H2. The maximum absolute atomic E-state index is 10.1. The van der Waals surface area contributed by atoms with Crippen molar-refractivity contribution in [3.05, 3.63) is 17.5 Å². The number of aldehydes is 1. The number of nitrogens with zero attached hydrogens (tertiary/aromatic N) is 1. The molecule has 4 nitrogen and oxygen atoms in total. The van der Waals surface area contributed by atoms with Gasteiger partial charge in [-0.15, -0.1) is 0 Å². The van der Waals surface area contributed by atoms with Crippen LogP contribution in [0.1, 0.15) is 22.7 Å². The van der Waals surface area contributed by atoms with E-state index in [1.807, 2.05) is 0 Å². The predicted molar refractivity (Wildman–Crippen MR) is 37.3 cm³/mol. The smallest absolute Gasteiger partial charge is 0.171 e. The maximum atomic E-state index is 10.1. The van der Waals surface area contributed by atoms with Gasteiger partial charge in [0.1, 0.15) is 11.5 Å². The van der Waals surface area contributed by atoms with Crippen LogP contribution in [0, 0.1) is 0 Å². The summed E-state index contributed by atoms with van der Waals surface area (Å²) in [5.74, 6) is 0.640. The van der Waals surface area contributed by atoms with Crippen LogP contribution in [0.5, 0.6) is 0 Å². The average Bonchev–Trinajstić information content (AvgIpc) is 2.48. The zero-order valence-corrected chi connectivity index (χ0v) is 5.99. The zero-order valence-electron chi connectivity index (χ0n) is 5.99. The van der Waals surface area contributed by atoms with Gasteiger partial charge in [0.05, 0.1) is 0 Å². The first-order valence-corrected chi connectivity index (χ1v) is 3.38. The van der Waals surface area contributed by atoms with E-state index >= 15 is 0 Å². The van der Waals surface area contributed by atoms with E-state index in [4.69, 9.17) is 9.63 Å². The number of aryl methyl sites for hydroxylation is 1. The van der Waals surface area contributed by atoms with Gasteiger partial charge in [-0.25, -0.2) is 0 Å². The molecule has 0 atom stereocenters. The molecule has 60 valence electrons. The summed E-state index contributed by atoms with van der Waals surface area (Å²) in [6.07, 6.45) is 1.89. The van der Waals surface area contributed by atoms with Gasteiger partial charge in [0.25, 0.3) is 0 Å². The molecular weight excluding hydrogens is 146 g/mol. The Morgan fingerprint density at radius 1 is 1.73 bits per heavy atom. The van der Waals surface area contributed by atoms with E-state index in [0.29, 0.717) is 30.6 Å². The van der Waals surface area contributed by atoms with E-state index in [0.717, 1.165) is 0 Å². The fourth-order valence-corrected chi connectivity index (χ4v) is 0.756. The zero-order chi connectivity index (χ0) is 8.10. The van der Waals surface area contributed by atoms with Crippen LogP contribution in [-0.4, -0.2) is 23.2 Å². The van der Waals surface area contributed by atoms with E-state index in [1.54, 1.807) is 6.07 Å². The third-order valence-corrected chi connectivity index (χ3v) is 1.28. The van der Waals surface area contributed by atoms with Crippen LogP contribution < -0.4 is 0 Å². The summed E-state index contributed by atoms with van der Waals surface area (Å²) in [5, 5.41) is 11.9. The molecule has 0 amide bonds. The maximum Gasteiger partial charge on any atom is 0.171 e. The molecule has 0 aliphatic rings. The molecule has 0 unspecified atom stereocenters. The predicted octanol–water partition coefficient (Wildman–Crippen LogP) is 0.412. The van der Waals surface area contributed by atoms with E-state index in [9.17, 15) is 4.79 Å². The molecule has 0 saturated heterocycles. The Hall–Kier alpha value is -1.16. The number of carbonyl (C=O) groups excluding carboxylic acids is 1. The molecule has 0 fully saturated rings. The second-order valence-corrected chi connectivity index (χ2v) is 2.16. The lowest BCUT2D eigenvalue weighted by molar-refractivity contribution is 0.111. The lowest BCUT2D eigenvalue weighted by Crippen LogP contribution is -1.86. The van der Waals surface area contributed by atoms with Crippen molar-refractivity contribution < 1.29 is 14.4 Å². The van der Waals surface area contributed by atoms with Gasteiger partial charge in [0, 0.05) is 19.1 Å². The highest BCUT2D eigenvalue weighted by Gasteiger charge is 2.01. The quantitative estimate of drug-likeness (QED) is 0.640. The molecule has 0 spiro atoms. The Morgan fingerprint density at radius 2 is 2.55 bits per heavy atom. The number of hydrogen-bond acceptors (Lipinski definition) is 4. The molecule has 0 aromatic carbocycles. The van der Waals surface area contributed by atoms with Gasteiger partial charge >= 0.3 is 0 Å². The van der Waals surface area contributed by atoms with Gasteiger partial charge in [-0.3, -0.25) is 4.79 Å². The fraction of sp³-hybridized carbons (Fsp3) is 0.429. The van der Waals surface area contributed by atoms with Crippen molar-refractivity contribution >= 4 is 6.29 Å². The highest BCUT2D eigenvalue weighted by Crippen LogP contribution is 2.03. The second kappa shape index (κ2) is 3.88. The minimum absolute atomic E-state index is 0.122. The number of hydrogen-bond donors (Lipinski definition) is 1. The van der Waals surface area contributed by atoms with Gasteiger partial charge < -0.3 is 9.63 Å². The first-order valence-electron chi connectivity index (χ1n) is 3.38. The molecule has 0 radical (unpaired) electrons. The van der Waals surface area contributed by atoms with Gasteiger partial charge in [-0.05, 0) is 6.42 Å². The Morgan fingerprint density at radius 3 is 3.09 bits per heavy atom. The number of aliphatic hydroxyl groups excluding tert-OH is 1. The summed E-state index contributed by atoms with van der Waals surface area (Å²) >= 11 is 0. The molecule has 1 rings (SSSR count). The average molecular weight is 155 g/mol. The van der Waals surface area contributed by atoms with E-state index in [2.05, 4.69) is 5.16 Å². The van der Waals surface area contributed by atoms with Crippen LogP contribution in [0.25, 0.3) is 0 Å². The van der Waals surface area contributed by atoms with Gasteiger partial charge in [-0.2, -0.15) is 0 Å². The van der Waals surface area contributed by atoms with Crippen LogP contribution in [-0.2, 0) is 6.42 Å². The third kappa shape index (κ3) is 2.16. The molecule has 0 aliphatic carbocycles. The Bertz CT molecular complexity index is 231. The van der Waals surface area contributed by atoms with Crippen LogP contribution >= 0.6 is 0 Å². The summed E-state index contributed by atoms with van der Waals surface area (Å²) in [5.41, 5.74) is 0.304. The van der Waals surface area contributed by atoms with Crippen molar-refractivity contribution in [3.8, 4) is 0 Å². The molecule has 1 aromatic rings. The highest BCUT2D eigenvalue weighted by atomic mass is 16.5. The first kappa shape index (κ1) is 7.94. The summed E-state index contributed by atoms with van der Waals surface area (Å²) < 4.78 is 4.77. The molecule has 1 N–H and O–H groups in total. The fourth-order valence-electron chi connectivity index (χ4n) is 0.756. The Balaban J connectivity index is 2.51. The van der Waals surface area contributed by atoms with Crippen molar-refractivity contribution in [2.24, 2.45) is 0 Å². The summed E-state index contributed by atoms with van der Waals surface area (Å²) in [6.45, 7) is 0.122. The van der Waals surface area contributed by atoms with Crippen molar-refractivity contribution in [1.82, 2.24) is 5.16 Å². The topological polar surface area (TPSA) is 63.3 Å². The molecule has 11 heavy (non-hydrogen) atoms. The Kier molecular flexibility index (Phi) is 2.80. The number of rotatable bonds is 4. The Labute approximate surface area is 63.8 Å². The lowest BCUT2D eigenvalue weighted by Gasteiger charge is -1.88. The van der Waals surface area contributed by atoms with Crippen molar-refractivity contribution in [2.75, 3.05) is 6.61 Å². The van der Waals surface area contributed by atoms with Gasteiger partial charge in [0.2, 0.25) is 0 Å². The van der Waals surface area contributed by atoms with Crippen LogP contribution in [0.3, 0.4) is 0 Å². The van der Waals surface area contributed by atoms with Crippen LogP contribution in [0.4, 0.5) is 0 Å². The SMILES string of the molecule is O=Cc1cc(CCCO)on1. The first-order chi connectivity index (χ1) is 5.36. The van der Waals surface area contributed by atoms with Crippen molar-refractivity contribution in [3.63, 3.8) is 0 Å². The highest BCUT2D eigenvalue weighted by molar-refractivity contribution is 5.71. The molecule has 0 bridgehead atoms. The van der Waals surface area contributed by atoms with Gasteiger partial charge in [-0.1, -0.05) is 5.16 Å². The number of carbonyl (C=O) groups is 1. The van der Waals surface area contributed by atoms with Crippen molar-refractivity contribution in [2.45, 2.75) is 12.8 Å². The summed E-state index contributed by atoms with van der Waals surface area (Å²) in [6, 6.07) is 1.57. The number of aliphatic hydroxyl groups is 1. The third-order valence-electron chi connectivity index (χ3n) is 1.28.